The predicted octanol–water partition coefficient (Wildman–Crippen LogP) is 3.63. The number of hydrogen-bond donors (Lipinski definition) is 1. The second-order valence-electron chi connectivity index (χ2n) is 4.55. The third-order valence-corrected chi connectivity index (χ3v) is 3.98. The highest BCUT2D eigenvalue weighted by molar-refractivity contribution is 7.16. The molecule has 5 heteroatoms. The fourth-order valence-electron chi connectivity index (χ4n) is 2.00. The molecule has 0 bridgehead atoms. The van der Waals surface area contributed by atoms with E-state index >= 15 is 0 Å². The molecule has 2 rings (SSSR count). The van der Waals surface area contributed by atoms with Crippen LogP contribution in [0.4, 0.5) is 4.39 Å². The highest BCUT2D eigenvalue weighted by Crippen LogP contribution is 2.23. The molecule has 1 heterocycles. The lowest BCUT2D eigenvalue weighted by Gasteiger charge is -2.16. The van der Waals surface area contributed by atoms with Crippen LogP contribution >= 0.6 is 22.9 Å². The minimum Gasteiger partial charge on any atom is -0.326 e. The molecule has 0 fully saturated rings. The van der Waals surface area contributed by atoms with Gasteiger partial charge >= 0.3 is 0 Å². The molecule has 0 spiro atoms. The fourth-order valence-corrected chi connectivity index (χ4v) is 3.16. The van der Waals surface area contributed by atoms with E-state index in [-0.39, 0.29) is 5.82 Å². The summed E-state index contributed by atoms with van der Waals surface area (Å²) >= 11 is 7.47. The lowest BCUT2D eigenvalue weighted by molar-refractivity contribution is 0.321. The summed E-state index contributed by atoms with van der Waals surface area (Å²) in [6.07, 6.45) is 0. The minimum absolute atomic E-state index is 0.231. The van der Waals surface area contributed by atoms with Crippen LogP contribution in [0.1, 0.15) is 16.0 Å². The Morgan fingerprint density at radius 1 is 1.21 bits per heavy atom. The molecule has 0 aliphatic rings. The van der Waals surface area contributed by atoms with Crippen molar-refractivity contribution in [3.63, 3.8) is 0 Å². The number of nitrogens with zero attached hydrogens (tertiary/aromatic N) is 1. The molecule has 2 aromatic rings. The molecule has 0 saturated heterocycles. The molecular weight excluding hydrogens is 283 g/mol. The summed E-state index contributed by atoms with van der Waals surface area (Å²) in [6, 6.07) is 8.88. The molecule has 0 unspecified atom stereocenters. The van der Waals surface area contributed by atoms with Crippen LogP contribution in [0.3, 0.4) is 0 Å². The van der Waals surface area contributed by atoms with E-state index in [4.69, 9.17) is 17.3 Å². The summed E-state index contributed by atoms with van der Waals surface area (Å²) in [6.45, 7) is 1.83. The van der Waals surface area contributed by atoms with Crippen LogP contribution in [0, 0.1) is 5.82 Å². The molecule has 0 aliphatic heterocycles. The zero-order valence-electron chi connectivity index (χ0n) is 10.7. The molecular formula is C14H16ClFN2S. The summed E-state index contributed by atoms with van der Waals surface area (Å²) in [5.41, 5.74) is 7.31. The van der Waals surface area contributed by atoms with Crippen molar-refractivity contribution in [1.29, 1.82) is 0 Å². The van der Waals surface area contributed by atoms with Gasteiger partial charge in [0.05, 0.1) is 4.34 Å². The zero-order valence-corrected chi connectivity index (χ0v) is 12.3. The van der Waals surface area contributed by atoms with E-state index < -0.39 is 0 Å². The Bertz CT molecular complexity index is 556. The van der Waals surface area contributed by atoms with Gasteiger partial charge < -0.3 is 5.73 Å². The van der Waals surface area contributed by atoms with Crippen LogP contribution in [0.5, 0.6) is 0 Å². The average Bonchev–Trinajstić information content (AvgIpc) is 2.73. The first-order chi connectivity index (χ1) is 9.06. The largest absolute Gasteiger partial charge is 0.326 e. The second-order valence-corrected chi connectivity index (χ2v) is 6.35. The number of halogens is 2. The number of rotatable bonds is 5. The van der Waals surface area contributed by atoms with Gasteiger partial charge in [0, 0.05) is 24.5 Å². The van der Waals surface area contributed by atoms with Gasteiger partial charge in [-0.05, 0) is 42.4 Å². The standard InChI is InChI=1S/C14H16ClFN2S/c1-18(9-13-2-3-14(15)19-13)8-11-4-10(7-17)5-12(16)6-11/h2-6H,7-9,17H2,1H3. The van der Waals surface area contributed by atoms with E-state index in [1.165, 1.54) is 10.9 Å². The molecule has 2 N–H and O–H groups in total. The molecule has 0 amide bonds. The average molecular weight is 299 g/mol. The molecule has 19 heavy (non-hydrogen) atoms. The topological polar surface area (TPSA) is 29.3 Å². The maximum absolute atomic E-state index is 13.4. The molecule has 0 radical (unpaired) electrons. The van der Waals surface area contributed by atoms with Crippen LogP contribution < -0.4 is 5.73 Å². The predicted molar refractivity (Wildman–Crippen MR) is 78.8 cm³/mol. The van der Waals surface area contributed by atoms with Gasteiger partial charge in [0.2, 0.25) is 0 Å². The van der Waals surface area contributed by atoms with Crippen molar-refractivity contribution in [2.45, 2.75) is 19.6 Å². The van der Waals surface area contributed by atoms with Gasteiger partial charge in [-0.3, -0.25) is 4.90 Å². The van der Waals surface area contributed by atoms with Crippen molar-refractivity contribution in [2.75, 3.05) is 7.05 Å². The van der Waals surface area contributed by atoms with Crippen LogP contribution in [-0.4, -0.2) is 11.9 Å². The summed E-state index contributed by atoms with van der Waals surface area (Å²) < 4.78 is 14.2. The number of thiophene rings is 1. The lowest BCUT2D eigenvalue weighted by Crippen LogP contribution is -2.17. The summed E-state index contributed by atoms with van der Waals surface area (Å²) in [5.74, 6) is -0.231. The first kappa shape index (κ1) is 14.5. The van der Waals surface area contributed by atoms with Crippen LogP contribution in [0.25, 0.3) is 0 Å². The maximum atomic E-state index is 13.4. The van der Waals surface area contributed by atoms with Gasteiger partial charge in [-0.15, -0.1) is 11.3 Å². The van der Waals surface area contributed by atoms with Gasteiger partial charge in [0.25, 0.3) is 0 Å². The maximum Gasteiger partial charge on any atom is 0.123 e. The smallest absolute Gasteiger partial charge is 0.123 e. The van der Waals surface area contributed by atoms with Crippen molar-refractivity contribution in [1.82, 2.24) is 4.90 Å². The van der Waals surface area contributed by atoms with Gasteiger partial charge in [-0.25, -0.2) is 4.39 Å². The molecule has 1 aromatic heterocycles. The highest BCUT2D eigenvalue weighted by Gasteiger charge is 2.06. The second kappa shape index (κ2) is 6.48. The lowest BCUT2D eigenvalue weighted by atomic mass is 10.1. The van der Waals surface area contributed by atoms with Crippen LogP contribution in [0.2, 0.25) is 4.34 Å². The third kappa shape index (κ3) is 4.28. The molecule has 0 atom stereocenters. The first-order valence-electron chi connectivity index (χ1n) is 5.98. The fraction of sp³-hybridized carbons (Fsp3) is 0.286. The van der Waals surface area contributed by atoms with Crippen LogP contribution in [-0.2, 0) is 19.6 Å². The SMILES string of the molecule is CN(Cc1cc(F)cc(CN)c1)Cc1ccc(Cl)s1. The van der Waals surface area contributed by atoms with Gasteiger partial charge in [-0.1, -0.05) is 17.7 Å². The third-order valence-electron chi connectivity index (χ3n) is 2.76. The van der Waals surface area contributed by atoms with Crippen molar-refractivity contribution in [2.24, 2.45) is 5.73 Å². The summed E-state index contributed by atoms with van der Waals surface area (Å²) in [4.78, 5) is 3.32. The Kier molecular flexibility index (Phi) is 4.93. The van der Waals surface area contributed by atoms with Gasteiger partial charge in [-0.2, -0.15) is 0 Å². The van der Waals surface area contributed by atoms with Crippen molar-refractivity contribution < 1.29 is 4.39 Å². The number of benzene rings is 1. The molecule has 2 nitrogen and oxygen atoms in total. The minimum atomic E-state index is -0.231. The van der Waals surface area contributed by atoms with E-state index in [1.807, 2.05) is 25.2 Å². The summed E-state index contributed by atoms with van der Waals surface area (Å²) in [5, 5.41) is 0. The van der Waals surface area contributed by atoms with E-state index in [9.17, 15) is 4.39 Å². The van der Waals surface area contributed by atoms with Crippen molar-refractivity contribution in [3.05, 3.63) is 56.5 Å². The van der Waals surface area contributed by atoms with Gasteiger partial charge in [0.1, 0.15) is 5.82 Å². The summed E-state index contributed by atoms with van der Waals surface area (Å²) in [7, 11) is 2.00. The molecule has 0 saturated carbocycles. The van der Waals surface area contributed by atoms with E-state index in [0.29, 0.717) is 13.1 Å². The van der Waals surface area contributed by atoms with Crippen LogP contribution in [0.15, 0.2) is 30.3 Å². The van der Waals surface area contributed by atoms with E-state index in [1.54, 1.807) is 17.4 Å². The van der Waals surface area contributed by atoms with E-state index in [0.717, 1.165) is 22.0 Å². The Balaban J connectivity index is 2.02. The van der Waals surface area contributed by atoms with Gasteiger partial charge in [0.15, 0.2) is 0 Å². The Hall–Kier alpha value is -0.940. The quantitative estimate of drug-likeness (QED) is 0.913. The first-order valence-corrected chi connectivity index (χ1v) is 7.17. The number of nitrogens with two attached hydrogens (primary N) is 1. The van der Waals surface area contributed by atoms with Crippen molar-refractivity contribution >= 4 is 22.9 Å². The number of hydrogen-bond acceptors (Lipinski definition) is 3. The van der Waals surface area contributed by atoms with Crippen molar-refractivity contribution in [3.8, 4) is 0 Å². The Morgan fingerprint density at radius 2 is 1.95 bits per heavy atom. The molecule has 0 aliphatic carbocycles. The highest BCUT2D eigenvalue weighted by atomic mass is 35.5. The Morgan fingerprint density at radius 3 is 2.58 bits per heavy atom. The molecule has 102 valence electrons. The monoisotopic (exact) mass is 298 g/mol. The normalized spacial score (nSPS) is 11.2. The Labute approximate surface area is 121 Å². The zero-order chi connectivity index (χ0) is 13.8. The van der Waals surface area contributed by atoms with E-state index in [2.05, 4.69) is 4.90 Å². The molecule has 1 aromatic carbocycles.